The van der Waals surface area contributed by atoms with Crippen molar-refractivity contribution < 1.29 is 10.1 Å². The van der Waals surface area contributed by atoms with Crippen LogP contribution >= 0.6 is 23.2 Å². The van der Waals surface area contributed by atoms with Gasteiger partial charge in [0.1, 0.15) is 0 Å². The van der Waals surface area contributed by atoms with Crippen LogP contribution in [0.1, 0.15) is 5.56 Å². The van der Waals surface area contributed by atoms with Gasteiger partial charge in [-0.15, -0.1) is 5.10 Å². The Labute approximate surface area is 106 Å². The molecular formula is C8H8Cl2N5O2+. The molecule has 0 aromatic heterocycles. The largest absolute Gasteiger partial charge is 0.360 e. The predicted molar refractivity (Wildman–Crippen MR) is 64.3 cm³/mol. The highest BCUT2D eigenvalue weighted by Gasteiger charge is 2.02. The number of hydrogen-bond acceptors (Lipinski definition) is 3. The van der Waals surface area contributed by atoms with E-state index in [1.54, 1.807) is 23.6 Å². The SMILES string of the molecule is NC(=N/[NH+]=C/c1ccc(Cl)cc1Cl)N[N+](=O)[O-]. The van der Waals surface area contributed by atoms with Crippen LogP contribution in [-0.4, -0.2) is 17.2 Å². The second kappa shape index (κ2) is 6.02. The van der Waals surface area contributed by atoms with Crippen molar-refractivity contribution in [2.75, 3.05) is 0 Å². The lowest BCUT2D eigenvalue weighted by Crippen LogP contribution is -2.64. The Morgan fingerprint density at radius 1 is 1.59 bits per heavy atom. The summed E-state index contributed by atoms with van der Waals surface area (Å²) in [5.74, 6) is -0.378. The molecule has 0 radical (unpaired) electrons. The average molecular weight is 277 g/mol. The molecule has 0 spiro atoms. The molecule has 7 nitrogen and oxygen atoms in total. The number of guanidine groups is 1. The Hall–Kier alpha value is -1.86. The van der Waals surface area contributed by atoms with Crippen molar-refractivity contribution in [3.63, 3.8) is 0 Å². The zero-order valence-corrected chi connectivity index (χ0v) is 9.87. The monoisotopic (exact) mass is 276 g/mol. The first-order valence-corrected chi connectivity index (χ1v) is 5.02. The molecular weight excluding hydrogens is 269 g/mol. The van der Waals surface area contributed by atoms with Gasteiger partial charge in [-0.3, -0.25) is 0 Å². The van der Waals surface area contributed by atoms with Gasteiger partial charge in [0.05, 0.1) is 10.6 Å². The lowest BCUT2D eigenvalue weighted by Gasteiger charge is -1.94. The molecule has 0 atom stereocenters. The quantitative estimate of drug-likeness (QED) is 0.299. The van der Waals surface area contributed by atoms with E-state index in [-0.39, 0.29) is 5.96 Å². The standard InChI is InChI=1S/C8H7Cl2N5O2/c9-6-2-1-5(7(10)3-6)4-12-13-8(11)14-15(16)17/h1-4H,(H3,11,13,14)/p+1/b12-4+. The molecule has 0 unspecified atom stereocenters. The van der Waals surface area contributed by atoms with E-state index in [0.29, 0.717) is 15.6 Å². The first-order chi connectivity index (χ1) is 7.99. The minimum atomic E-state index is -0.824. The van der Waals surface area contributed by atoms with E-state index in [9.17, 15) is 10.1 Å². The fourth-order valence-corrected chi connectivity index (χ4v) is 1.37. The third-order valence-corrected chi connectivity index (χ3v) is 2.14. The van der Waals surface area contributed by atoms with E-state index in [4.69, 9.17) is 28.9 Å². The number of nitrogens with one attached hydrogen (secondary N) is 2. The highest BCUT2D eigenvalue weighted by atomic mass is 35.5. The molecule has 0 amide bonds. The number of benzene rings is 1. The molecule has 0 bridgehead atoms. The molecule has 9 heteroatoms. The Bertz CT molecular complexity index is 489. The lowest BCUT2D eigenvalue weighted by atomic mass is 10.2. The second-order valence-corrected chi connectivity index (χ2v) is 3.65. The summed E-state index contributed by atoms with van der Waals surface area (Å²) in [7, 11) is 0. The summed E-state index contributed by atoms with van der Waals surface area (Å²) in [5, 5.41) is 16.0. The highest BCUT2D eigenvalue weighted by molar-refractivity contribution is 6.36. The van der Waals surface area contributed by atoms with Crippen LogP contribution in [0.2, 0.25) is 10.0 Å². The number of halogens is 2. The predicted octanol–water partition coefficient (Wildman–Crippen LogP) is -0.496. The van der Waals surface area contributed by atoms with Crippen LogP contribution in [0.5, 0.6) is 0 Å². The number of rotatable bonds is 3. The Morgan fingerprint density at radius 3 is 2.88 bits per heavy atom. The van der Waals surface area contributed by atoms with Crippen LogP contribution in [0.15, 0.2) is 23.3 Å². The number of nitrogens with zero attached hydrogens (tertiary/aromatic N) is 2. The van der Waals surface area contributed by atoms with Crippen LogP contribution < -0.4 is 16.3 Å². The van der Waals surface area contributed by atoms with Crippen LogP contribution in [-0.2, 0) is 0 Å². The Kier molecular flexibility index (Phi) is 4.68. The zero-order valence-electron chi connectivity index (χ0n) is 8.35. The fourth-order valence-electron chi connectivity index (χ4n) is 0.908. The van der Waals surface area contributed by atoms with Crippen molar-refractivity contribution in [2.45, 2.75) is 0 Å². The van der Waals surface area contributed by atoms with Crippen molar-refractivity contribution >= 4 is 35.4 Å². The van der Waals surface area contributed by atoms with Crippen molar-refractivity contribution in [1.29, 1.82) is 0 Å². The second-order valence-electron chi connectivity index (χ2n) is 2.81. The molecule has 0 aliphatic carbocycles. The van der Waals surface area contributed by atoms with Crippen LogP contribution in [0.3, 0.4) is 0 Å². The van der Waals surface area contributed by atoms with Gasteiger partial charge >= 0.3 is 5.96 Å². The Morgan fingerprint density at radius 2 is 2.29 bits per heavy atom. The molecule has 1 aromatic rings. The van der Waals surface area contributed by atoms with E-state index < -0.39 is 5.03 Å². The van der Waals surface area contributed by atoms with Crippen molar-refractivity contribution in [1.82, 2.24) is 5.43 Å². The molecule has 4 N–H and O–H groups in total. The molecule has 0 saturated carbocycles. The summed E-state index contributed by atoms with van der Waals surface area (Å²) in [6.07, 6.45) is 1.42. The van der Waals surface area contributed by atoms with E-state index in [1.165, 1.54) is 6.21 Å². The van der Waals surface area contributed by atoms with Crippen molar-refractivity contribution in [2.24, 2.45) is 10.8 Å². The first-order valence-electron chi connectivity index (χ1n) is 4.27. The summed E-state index contributed by atoms with van der Waals surface area (Å²) < 4.78 is 0. The van der Waals surface area contributed by atoms with Crippen LogP contribution in [0.4, 0.5) is 0 Å². The number of hydrazine groups is 1. The molecule has 0 heterocycles. The molecule has 1 aromatic carbocycles. The summed E-state index contributed by atoms with van der Waals surface area (Å²) >= 11 is 11.6. The molecule has 0 fully saturated rings. The molecule has 0 aliphatic heterocycles. The first kappa shape index (κ1) is 13.2. The maximum Gasteiger partial charge on any atom is 0.319 e. The van der Waals surface area contributed by atoms with Gasteiger partial charge in [-0.25, -0.2) is 10.1 Å². The number of hydrogen-bond donors (Lipinski definition) is 3. The summed E-state index contributed by atoms with van der Waals surface area (Å²) in [6, 6.07) is 4.85. The number of nitrogens with two attached hydrogens (primary N) is 1. The summed E-state index contributed by atoms with van der Waals surface area (Å²) in [6.45, 7) is 0. The van der Waals surface area contributed by atoms with Gasteiger partial charge in [0.25, 0.3) is 0 Å². The maximum atomic E-state index is 9.99. The smallest absolute Gasteiger partial charge is 0.319 e. The number of nitro groups is 1. The van der Waals surface area contributed by atoms with Gasteiger partial charge in [0, 0.05) is 10.1 Å². The average Bonchev–Trinajstić information content (AvgIpc) is 2.20. The van der Waals surface area contributed by atoms with E-state index in [2.05, 4.69) is 10.2 Å². The molecule has 1 rings (SSSR count). The van der Waals surface area contributed by atoms with Gasteiger partial charge in [-0.1, -0.05) is 28.6 Å². The number of hydrazone groups is 1. The lowest BCUT2D eigenvalue weighted by molar-refractivity contribution is -0.528. The van der Waals surface area contributed by atoms with Crippen LogP contribution in [0, 0.1) is 10.1 Å². The van der Waals surface area contributed by atoms with Gasteiger partial charge in [0.15, 0.2) is 5.03 Å². The third kappa shape index (κ3) is 4.66. The van der Waals surface area contributed by atoms with Gasteiger partial charge < -0.3 is 5.73 Å². The van der Waals surface area contributed by atoms with Crippen LogP contribution in [0.25, 0.3) is 0 Å². The van der Waals surface area contributed by atoms with E-state index >= 15 is 0 Å². The maximum absolute atomic E-state index is 9.99. The van der Waals surface area contributed by atoms with Gasteiger partial charge in [0.2, 0.25) is 6.21 Å². The molecule has 0 aliphatic rings. The minimum absolute atomic E-state index is 0.378. The van der Waals surface area contributed by atoms with E-state index in [1.807, 2.05) is 0 Å². The topological polar surface area (TPSA) is 108 Å². The highest BCUT2D eigenvalue weighted by Crippen LogP contribution is 2.18. The molecule has 0 saturated heterocycles. The van der Waals surface area contributed by atoms with Crippen molar-refractivity contribution in [3.05, 3.63) is 43.9 Å². The molecule has 90 valence electrons. The third-order valence-electron chi connectivity index (χ3n) is 1.57. The summed E-state index contributed by atoms with van der Waals surface area (Å²) in [5.41, 5.74) is 7.45. The van der Waals surface area contributed by atoms with Crippen molar-refractivity contribution in [3.8, 4) is 0 Å². The summed E-state index contributed by atoms with van der Waals surface area (Å²) in [4.78, 5) is 9.99. The molecule has 17 heavy (non-hydrogen) atoms. The minimum Gasteiger partial charge on any atom is -0.360 e. The Balaban J connectivity index is 2.74. The zero-order chi connectivity index (χ0) is 12.8. The van der Waals surface area contributed by atoms with Gasteiger partial charge in [-0.2, -0.15) is 0 Å². The van der Waals surface area contributed by atoms with E-state index in [0.717, 1.165) is 0 Å². The van der Waals surface area contributed by atoms with Gasteiger partial charge in [-0.05, 0) is 18.2 Å². The normalized spacial score (nSPS) is 11.8. The fraction of sp³-hybridized carbons (Fsp3) is 0.